The second kappa shape index (κ2) is 60.0. The summed E-state index contributed by atoms with van der Waals surface area (Å²) in [6.07, 6.45) is 63.0. The van der Waals surface area contributed by atoms with Crippen molar-refractivity contribution in [3.63, 3.8) is 0 Å². The predicted octanol–water partition coefficient (Wildman–Crippen LogP) is 14.5. The normalized spacial score (nSPS) is 11.3. The van der Waals surface area contributed by atoms with Gasteiger partial charge in [-0.3, -0.25) is 9.59 Å². The third kappa shape index (κ3) is 63.3. The van der Waals surface area contributed by atoms with Gasteiger partial charge in [-0.15, -0.1) is 0 Å². The van der Waals surface area contributed by atoms with E-state index in [4.69, 9.17) is 8.37 Å². The summed E-state index contributed by atoms with van der Waals surface area (Å²) < 4.78 is 9.96. The number of carbonyl (C=O) groups is 3. The van der Waals surface area contributed by atoms with Gasteiger partial charge in [-0.1, -0.05) is 211 Å². The molecule has 0 heterocycles. The number of hydrogen-bond acceptors (Lipinski definition) is 7. The van der Waals surface area contributed by atoms with E-state index in [2.05, 4.69) is 57.2 Å². The van der Waals surface area contributed by atoms with Gasteiger partial charge < -0.3 is 18.3 Å². The van der Waals surface area contributed by atoms with Gasteiger partial charge in [-0.2, -0.15) is 0 Å². The van der Waals surface area contributed by atoms with E-state index in [0.29, 0.717) is 25.2 Å². The molecule has 0 N–H and O–H groups in total. The molecular formula is C54H99NaO6S. The second-order valence-corrected chi connectivity index (χ2v) is 17.8. The van der Waals surface area contributed by atoms with E-state index in [-0.39, 0.29) is 47.9 Å². The van der Waals surface area contributed by atoms with Crippen LogP contribution < -0.4 is 34.7 Å². The summed E-state index contributed by atoms with van der Waals surface area (Å²) in [5, 5.41) is 10.2. The Hall–Kier alpha value is -1.02. The molecule has 6 nitrogen and oxygen atoms in total. The minimum atomic E-state index is -0.914. The fourth-order valence-electron chi connectivity index (χ4n) is 7.20. The van der Waals surface area contributed by atoms with E-state index in [1.54, 1.807) is 0 Å². The van der Waals surface area contributed by atoms with Crippen molar-refractivity contribution in [2.45, 2.75) is 290 Å². The monoisotopic (exact) mass is 899 g/mol. The van der Waals surface area contributed by atoms with Crippen LogP contribution in [0.15, 0.2) is 36.5 Å². The zero-order chi connectivity index (χ0) is 44.8. The molecule has 0 unspecified atom stereocenters. The van der Waals surface area contributed by atoms with Crippen LogP contribution in [0.4, 0.5) is 0 Å². The molecule has 0 aromatic carbocycles. The molecule has 0 rings (SSSR count). The van der Waals surface area contributed by atoms with Gasteiger partial charge >= 0.3 is 41.5 Å². The van der Waals surface area contributed by atoms with Crippen molar-refractivity contribution >= 4 is 30.2 Å². The summed E-state index contributed by atoms with van der Waals surface area (Å²) >= 11 is 0.530. The number of aliphatic carboxylic acids is 1. The Morgan fingerprint density at radius 3 is 0.790 bits per heavy atom. The topological polar surface area (TPSA) is 92.7 Å². The van der Waals surface area contributed by atoms with E-state index in [1.165, 1.54) is 180 Å². The molecule has 0 aliphatic rings. The summed E-state index contributed by atoms with van der Waals surface area (Å²) in [5.41, 5.74) is 0. The number of unbranched alkanes of at least 4 members (excludes halogenated alkanes) is 33. The maximum atomic E-state index is 11.8. The average Bonchev–Trinajstić information content (AvgIpc) is 3.25. The predicted molar refractivity (Wildman–Crippen MR) is 263 cm³/mol. The van der Waals surface area contributed by atoms with Crippen LogP contribution in [0.1, 0.15) is 290 Å². The van der Waals surface area contributed by atoms with Crippen molar-refractivity contribution in [1.29, 1.82) is 0 Å². The number of rotatable bonds is 47. The van der Waals surface area contributed by atoms with Crippen molar-refractivity contribution in [2.24, 2.45) is 0 Å². The van der Waals surface area contributed by atoms with Crippen molar-refractivity contribution in [2.75, 3.05) is 0 Å². The number of allylic oxidation sites excluding steroid dienone is 6. The number of carboxylic acids is 1. The summed E-state index contributed by atoms with van der Waals surface area (Å²) in [6.45, 7) is 6.78. The van der Waals surface area contributed by atoms with Crippen LogP contribution in [-0.4, -0.2) is 17.9 Å². The van der Waals surface area contributed by atoms with Crippen LogP contribution in [0.3, 0.4) is 0 Å². The third-order valence-corrected chi connectivity index (χ3v) is 11.7. The Bertz CT molecular complexity index is 947. The first kappa shape index (κ1) is 65.3. The minimum absolute atomic E-state index is 0. The average molecular weight is 899 g/mol. The molecule has 0 amide bonds. The van der Waals surface area contributed by atoms with Gasteiger partial charge in [-0.05, 0) is 103 Å². The summed E-state index contributed by atoms with van der Waals surface area (Å²) in [6, 6.07) is 0. The van der Waals surface area contributed by atoms with Crippen LogP contribution in [-0.2, 0) is 22.7 Å². The molecule has 0 aliphatic heterocycles. The van der Waals surface area contributed by atoms with Crippen LogP contribution in [0.5, 0.6) is 0 Å². The first-order chi connectivity index (χ1) is 30.0. The Balaban J connectivity index is -0.00000139. The van der Waals surface area contributed by atoms with Gasteiger partial charge in [0.05, 0.1) is 0 Å². The van der Waals surface area contributed by atoms with Crippen LogP contribution in [0.2, 0.25) is 0 Å². The van der Waals surface area contributed by atoms with Crippen LogP contribution in [0, 0.1) is 0 Å². The molecule has 62 heavy (non-hydrogen) atoms. The zero-order valence-corrected chi connectivity index (χ0v) is 44.3. The van der Waals surface area contributed by atoms with E-state index < -0.39 is 5.97 Å². The van der Waals surface area contributed by atoms with E-state index >= 15 is 0 Å². The standard InChI is InChI=1S/C36H66O4S.C18H34O2.Na/c1-3-5-7-9-11-13-15-17-19-21-23-25-27-29-31-33-35(37)39-41-40-36(38)34-32-30-28-26-24-22-20-18-16-14-12-10-8-6-4-2;1-2-3-4-5-6-7-8-9-10-11-12-13-14-15-16-17-18(19)20;/h17-20H,3-16,21-34H2,1-2H3;9-10H,2-8,11-17H2,1H3,(H,19,20);/q;;+1/p-1/b19-17-,20-18-;10-9-;. The number of hydrogen-bond donors (Lipinski definition) is 0. The molecule has 0 bridgehead atoms. The molecule has 0 aromatic heterocycles. The molecule has 0 aromatic rings. The Labute approximate surface area is 411 Å². The van der Waals surface area contributed by atoms with E-state index in [1.807, 2.05) is 0 Å². The van der Waals surface area contributed by atoms with Crippen molar-refractivity contribution in [3.8, 4) is 0 Å². The van der Waals surface area contributed by atoms with Gasteiger partial charge in [0.15, 0.2) is 0 Å². The van der Waals surface area contributed by atoms with Gasteiger partial charge in [0.2, 0.25) is 0 Å². The number of carbonyl (C=O) groups excluding carboxylic acids is 3. The molecule has 0 spiro atoms. The Morgan fingerprint density at radius 1 is 0.339 bits per heavy atom. The molecule has 0 saturated carbocycles. The third-order valence-electron chi connectivity index (χ3n) is 11.2. The summed E-state index contributed by atoms with van der Waals surface area (Å²) in [4.78, 5) is 33.8. The van der Waals surface area contributed by atoms with Gasteiger partial charge in [0.25, 0.3) is 12.3 Å². The fourth-order valence-corrected chi connectivity index (χ4v) is 7.55. The van der Waals surface area contributed by atoms with Crippen molar-refractivity contribution < 1.29 is 57.4 Å². The molecule has 0 saturated heterocycles. The largest absolute Gasteiger partial charge is 1.00 e. The van der Waals surface area contributed by atoms with Crippen molar-refractivity contribution in [3.05, 3.63) is 36.5 Å². The minimum Gasteiger partial charge on any atom is -0.550 e. The van der Waals surface area contributed by atoms with Crippen LogP contribution >= 0.6 is 12.3 Å². The van der Waals surface area contributed by atoms with E-state index in [9.17, 15) is 19.5 Å². The molecule has 0 fully saturated rings. The molecule has 358 valence electrons. The smallest absolute Gasteiger partial charge is 0.550 e. The molecule has 0 radical (unpaired) electrons. The quantitative estimate of drug-likeness (QED) is 0.0260. The Kier molecular flexibility index (Phi) is 63.1. The number of carboxylic acid groups (broad SMARTS) is 1. The fraction of sp³-hybridized carbons (Fsp3) is 0.833. The van der Waals surface area contributed by atoms with Crippen LogP contribution in [0.25, 0.3) is 0 Å². The summed E-state index contributed by atoms with van der Waals surface area (Å²) in [7, 11) is 0. The molecule has 0 aliphatic carbocycles. The summed E-state index contributed by atoms with van der Waals surface area (Å²) in [5.74, 6) is -1.52. The molecular weight excluding hydrogens is 800 g/mol. The van der Waals surface area contributed by atoms with Crippen molar-refractivity contribution in [1.82, 2.24) is 0 Å². The SMILES string of the molecule is CCCCCCCC/C=C\CCCCCCCC(=O)OSOC(=O)CCCCCCC/C=C\CCCCCCCC.CCCCCCCC/C=C\CCCCCCCC(=O)[O-].[Na+]. The maximum absolute atomic E-state index is 11.8. The first-order valence-electron chi connectivity index (χ1n) is 26.2. The molecule has 0 atom stereocenters. The second-order valence-electron chi connectivity index (χ2n) is 17.4. The molecule has 8 heteroatoms. The van der Waals surface area contributed by atoms with Gasteiger partial charge in [0.1, 0.15) is 0 Å². The van der Waals surface area contributed by atoms with E-state index in [0.717, 1.165) is 70.6 Å². The van der Waals surface area contributed by atoms with Gasteiger partial charge in [0, 0.05) is 18.8 Å². The Morgan fingerprint density at radius 2 is 0.548 bits per heavy atom. The first-order valence-corrected chi connectivity index (χ1v) is 26.9. The zero-order valence-electron chi connectivity index (χ0n) is 41.5. The maximum Gasteiger partial charge on any atom is 1.00 e. The van der Waals surface area contributed by atoms with Gasteiger partial charge in [-0.25, -0.2) is 0 Å².